The van der Waals surface area contributed by atoms with E-state index in [1.807, 2.05) is 19.9 Å². The number of hydrogen-bond acceptors (Lipinski definition) is 5. The maximum Gasteiger partial charge on any atom is 0.275 e. The molecule has 2 N–H and O–H groups in total. The number of nitrogens with zero attached hydrogens (tertiary/aromatic N) is 3. The predicted molar refractivity (Wildman–Crippen MR) is 82.8 cm³/mol. The lowest BCUT2D eigenvalue weighted by atomic mass is 10.2. The number of aromatic nitrogens is 3. The number of nitrogens with one attached hydrogen (secondary N) is 2. The molecule has 0 aliphatic carbocycles. The normalized spacial score (nSPS) is 14.0. The van der Waals surface area contributed by atoms with E-state index in [9.17, 15) is 4.79 Å². The molecule has 0 unspecified atom stereocenters. The monoisotopic (exact) mass is 305 g/mol. The maximum atomic E-state index is 12.4. The molecule has 1 aliphatic rings. The molecule has 3 heterocycles. The summed E-state index contributed by atoms with van der Waals surface area (Å²) in [6, 6.07) is 1.86. The van der Waals surface area contributed by atoms with Crippen molar-refractivity contribution in [3.63, 3.8) is 0 Å². The summed E-state index contributed by atoms with van der Waals surface area (Å²) < 4.78 is 1.74. The summed E-state index contributed by atoms with van der Waals surface area (Å²) in [5.41, 5.74) is 2.64. The summed E-state index contributed by atoms with van der Waals surface area (Å²) in [5, 5.41) is 11.3. The average molecular weight is 305 g/mol. The number of anilines is 1. The Hall–Kier alpha value is -1.73. The number of amides is 1. The Morgan fingerprint density at radius 1 is 1.52 bits per heavy atom. The van der Waals surface area contributed by atoms with Gasteiger partial charge in [-0.25, -0.2) is 4.98 Å². The van der Waals surface area contributed by atoms with Crippen LogP contribution in [0.4, 0.5) is 5.13 Å². The molecule has 0 atom stereocenters. The van der Waals surface area contributed by atoms with E-state index < -0.39 is 0 Å². The van der Waals surface area contributed by atoms with Crippen LogP contribution in [0, 0.1) is 0 Å². The van der Waals surface area contributed by atoms with Gasteiger partial charge in [0.2, 0.25) is 0 Å². The molecule has 6 nitrogen and oxygen atoms in total. The minimum Gasteiger partial charge on any atom is -0.311 e. The molecule has 0 saturated carbocycles. The van der Waals surface area contributed by atoms with Crippen LogP contribution in [0.15, 0.2) is 6.07 Å². The van der Waals surface area contributed by atoms with Crippen LogP contribution in [0.5, 0.6) is 0 Å². The number of carbonyl (C=O) groups is 1. The molecule has 0 bridgehead atoms. The quantitative estimate of drug-likeness (QED) is 0.904. The Morgan fingerprint density at radius 3 is 3.10 bits per heavy atom. The lowest BCUT2D eigenvalue weighted by Gasteiger charge is -2.09. The van der Waals surface area contributed by atoms with Crippen LogP contribution >= 0.6 is 11.3 Å². The van der Waals surface area contributed by atoms with Crippen molar-refractivity contribution < 1.29 is 4.79 Å². The average Bonchev–Trinajstić information content (AvgIpc) is 3.09. The van der Waals surface area contributed by atoms with Gasteiger partial charge in [0.05, 0.1) is 11.4 Å². The minimum absolute atomic E-state index is 0.136. The van der Waals surface area contributed by atoms with Gasteiger partial charge in [0, 0.05) is 30.9 Å². The van der Waals surface area contributed by atoms with E-state index in [0.29, 0.717) is 17.4 Å². The first kappa shape index (κ1) is 14.2. The number of thiazole rings is 1. The second-order valence-electron chi connectivity index (χ2n) is 4.96. The first-order chi connectivity index (χ1) is 10.2. The molecule has 0 saturated heterocycles. The number of hydrogen-bond donors (Lipinski definition) is 2. The summed E-state index contributed by atoms with van der Waals surface area (Å²) in [6.45, 7) is 6.49. The smallest absolute Gasteiger partial charge is 0.275 e. The van der Waals surface area contributed by atoms with E-state index in [0.717, 1.165) is 37.3 Å². The minimum atomic E-state index is -0.136. The van der Waals surface area contributed by atoms with Gasteiger partial charge in [-0.1, -0.05) is 6.92 Å². The zero-order valence-electron chi connectivity index (χ0n) is 12.3. The van der Waals surface area contributed by atoms with Gasteiger partial charge in [-0.3, -0.25) is 14.8 Å². The Balaban J connectivity index is 1.79. The molecule has 3 rings (SSSR count). The highest BCUT2D eigenvalue weighted by atomic mass is 32.1. The lowest BCUT2D eigenvalue weighted by molar-refractivity contribution is 0.101. The number of rotatable bonds is 4. The second-order valence-corrected chi connectivity index (χ2v) is 6.04. The topological polar surface area (TPSA) is 71.8 Å². The number of carbonyl (C=O) groups excluding carboxylic acids is 1. The predicted octanol–water partition coefficient (Wildman–Crippen LogP) is 1.82. The molecule has 7 heteroatoms. The highest BCUT2D eigenvalue weighted by molar-refractivity contribution is 7.15. The van der Waals surface area contributed by atoms with E-state index in [-0.39, 0.29) is 5.91 Å². The van der Waals surface area contributed by atoms with Crippen molar-refractivity contribution in [2.45, 2.75) is 39.8 Å². The molecule has 0 spiro atoms. The van der Waals surface area contributed by atoms with Crippen molar-refractivity contribution in [3.05, 3.63) is 28.0 Å². The third-order valence-corrected chi connectivity index (χ3v) is 4.56. The van der Waals surface area contributed by atoms with Crippen molar-refractivity contribution in [2.24, 2.45) is 0 Å². The van der Waals surface area contributed by atoms with Crippen LogP contribution < -0.4 is 10.6 Å². The van der Waals surface area contributed by atoms with Crippen molar-refractivity contribution >= 4 is 22.4 Å². The summed E-state index contributed by atoms with van der Waals surface area (Å²) in [6.07, 6.45) is 1.75. The van der Waals surface area contributed by atoms with Gasteiger partial charge in [0.1, 0.15) is 5.69 Å². The lowest BCUT2D eigenvalue weighted by Crippen LogP contribution is -2.22. The summed E-state index contributed by atoms with van der Waals surface area (Å²) in [7, 11) is 0. The Bertz CT molecular complexity index is 637. The summed E-state index contributed by atoms with van der Waals surface area (Å²) in [5.74, 6) is -0.136. The fourth-order valence-electron chi connectivity index (χ4n) is 2.41. The van der Waals surface area contributed by atoms with E-state index in [1.165, 1.54) is 4.88 Å². The molecule has 2 aromatic rings. The fraction of sp³-hybridized carbons (Fsp3) is 0.500. The molecular weight excluding hydrogens is 286 g/mol. The van der Waals surface area contributed by atoms with Crippen LogP contribution in [0.1, 0.15) is 40.6 Å². The number of aryl methyl sites for hydroxylation is 2. The Labute approximate surface area is 127 Å². The summed E-state index contributed by atoms with van der Waals surface area (Å²) >= 11 is 1.55. The Kier molecular flexibility index (Phi) is 4.03. The van der Waals surface area contributed by atoms with Gasteiger partial charge in [0.15, 0.2) is 5.13 Å². The maximum absolute atomic E-state index is 12.4. The van der Waals surface area contributed by atoms with Crippen LogP contribution in [0.3, 0.4) is 0 Å². The van der Waals surface area contributed by atoms with Crippen LogP contribution in [-0.4, -0.2) is 27.2 Å². The summed E-state index contributed by atoms with van der Waals surface area (Å²) in [4.78, 5) is 18.1. The van der Waals surface area contributed by atoms with Crippen molar-refractivity contribution in [1.29, 1.82) is 0 Å². The van der Waals surface area contributed by atoms with E-state index in [2.05, 4.69) is 20.7 Å². The molecule has 1 amide bonds. The van der Waals surface area contributed by atoms with E-state index in [4.69, 9.17) is 0 Å². The molecular formula is C14H19N5OS. The van der Waals surface area contributed by atoms with Gasteiger partial charge >= 0.3 is 0 Å². The SMILES string of the molecule is CCc1cc(C(=O)Nc2nc3c(s2)CNCC3)n(CC)n1. The molecule has 2 aromatic heterocycles. The molecule has 1 aliphatic heterocycles. The third-order valence-electron chi connectivity index (χ3n) is 3.55. The zero-order valence-corrected chi connectivity index (χ0v) is 13.1. The standard InChI is InChI=1S/C14H19N5OS/c1-3-9-7-11(19(4-2)18-9)13(20)17-14-16-10-5-6-15-8-12(10)21-14/h7,15H,3-6,8H2,1-2H3,(H,16,17,20). The highest BCUT2D eigenvalue weighted by Gasteiger charge is 2.19. The van der Waals surface area contributed by atoms with E-state index in [1.54, 1.807) is 16.0 Å². The molecule has 0 fully saturated rings. The largest absolute Gasteiger partial charge is 0.311 e. The first-order valence-corrected chi connectivity index (χ1v) is 8.10. The van der Waals surface area contributed by atoms with Crippen molar-refractivity contribution in [3.8, 4) is 0 Å². The van der Waals surface area contributed by atoms with Gasteiger partial charge in [-0.05, 0) is 19.4 Å². The molecule has 0 aromatic carbocycles. The van der Waals surface area contributed by atoms with E-state index >= 15 is 0 Å². The fourth-order valence-corrected chi connectivity index (χ4v) is 3.38. The number of fused-ring (bicyclic) bond motifs is 1. The zero-order chi connectivity index (χ0) is 14.8. The molecule has 0 radical (unpaired) electrons. The third kappa shape index (κ3) is 2.84. The van der Waals surface area contributed by atoms with Crippen molar-refractivity contribution in [2.75, 3.05) is 11.9 Å². The van der Waals surface area contributed by atoms with Crippen molar-refractivity contribution in [1.82, 2.24) is 20.1 Å². The van der Waals surface area contributed by atoms with Crippen LogP contribution in [0.25, 0.3) is 0 Å². The molecule has 112 valence electrons. The highest BCUT2D eigenvalue weighted by Crippen LogP contribution is 2.25. The Morgan fingerprint density at radius 2 is 2.38 bits per heavy atom. The van der Waals surface area contributed by atoms with Crippen LogP contribution in [-0.2, 0) is 25.9 Å². The second kappa shape index (κ2) is 5.95. The van der Waals surface area contributed by atoms with Gasteiger partial charge in [0.25, 0.3) is 5.91 Å². The van der Waals surface area contributed by atoms with Crippen LogP contribution in [0.2, 0.25) is 0 Å². The van der Waals surface area contributed by atoms with Gasteiger partial charge in [-0.2, -0.15) is 5.10 Å². The molecule has 21 heavy (non-hydrogen) atoms. The van der Waals surface area contributed by atoms with Gasteiger partial charge < -0.3 is 5.32 Å². The first-order valence-electron chi connectivity index (χ1n) is 7.28. The van der Waals surface area contributed by atoms with Gasteiger partial charge in [-0.15, -0.1) is 11.3 Å².